The second-order valence-electron chi connectivity index (χ2n) is 15.5. The van der Waals surface area contributed by atoms with Gasteiger partial charge in [-0.3, -0.25) is 0 Å². The Balaban J connectivity index is 1.08. The van der Waals surface area contributed by atoms with Crippen molar-refractivity contribution in [3.63, 3.8) is 0 Å². The summed E-state index contributed by atoms with van der Waals surface area (Å²) >= 11 is 0. The van der Waals surface area contributed by atoms with E-state index < -0.39 is 0 Å². The van der Waals surface area contributed by atoms with Crippen LogP contribution in [0.25, 0.3) is 66.5 Å². The number of benzene rings is 7. The maximum atomic E-state index is 5.42. The Bertz CT molecular complexity index is 2940. The molecule has 58 heavy (non-hydrogen) atoms. The molecule has 0 amide bonds. The normalized spacial score (nSPS) is 16.6. The first kappa shape index (κ1) is 35.3. The highest BCUT2D eigenvalue weighted by Crippen LogP contribution is 2.40. The second kappa shape index (κ2) is 15.1. The number of rotatable bonds is 7. The van der Waals surface area contributed by atoms with Crippen LogP contribution in [0.2, 0.25) is 0 Å². The lowest BCUT2D eigenvalue weighted by Gasteiger charge is -2.34. The van der Waals surface area contributed by atoms with Crippen LogP contribution in [0.15, 0.2) is 205 Å². The summed E-state index contributed by atoms with van der Waals surface area (Å²) in [7, 11) is 2.16. The standard InChI is InChI=1S/C55H43N3/c1-37-15-9-11-25-47(37)49-35-51(56-50-32-31-40-20-10-12-26-48(40)54(49)50)41-27-29-42(30-28-41)52-36-53(45-23-13-21-43(33-45)38-16-5-3-6-17-38)58(2)55(57-52)46-24-14-22-44(34-46)39-18-7-4-8-19-39/h3-14,16-37,53H,15H2,1-2H3. The molecule has 2 heterocycles. The van der Waals surface area contributed by atoms with Gasteiger partial charge in [-0.15, -0.1) is 0 Å². The molecule has 3 heteroatoms. The Hall–Kier alpha value is -7.10. The van der Waals surface area contributed by atoms with E-state index in [1.54, 1.807) is 0 Å². The van der Waals surface area contributed by atoms with Crippen LogP contribution in [0.5, 0.6) is 0 Å². The Morgan fingerprint density at radius 2 is 1.22 bits per heavy atom. The predicted octanol–water partition coefficient (Wildman–Crippen LogP) is 13.8. The number of amidine groups is 1. The number of allylic oxidation sites excluding steroid dienone is 4. The van der Waals surface area contributed by atoms with Crippen molar-refractivity contribution in [2.24, 2.45) is 10.9 Å². The van der Waals surface area contributed by atoms with E-state index in [1.165, 1.54) is 55.1 Å². The van der Waals surface area contributed by atoms with Crippen molar-refractivity contribution < 1.29 is 0 Å². The van der Waals surface area contributed by atoms with Crippen molar-refractivity contribution >= 4 is 38.8 Å². The quantitative estimate of drug-likeness (QED) is 0.152. The molecule has 1 aliphatic carbocycles. The van der Waals surface area contributed by atoms with Crippen molar-refractivity contribution in [2.75, 3.05) is 7.05 Å². The first-order valence-electron chi connectivity index (χ1n) is 20.2. The number of likely N-dealkylation sites (N-methyl/N-ethyl adjacent to an activating group) is 1. The summed E-state index contributed by atoms with van der Waals surface area (Å²) in [6.07, 6.45) is 10.1. The highest BCUT2D eigenvalue weighted by atomic mass is 15.2. The highest BCUT2D eigenvalue weighted by molar-refractivity contribution is 6.12. The van der Waals surface area contributed by atoms with Gasteiger partial charge in [-0.25, -0.2) is 9.98 Å². The molecule has 278 valence electrons. The minimum Gasteiger partial charge on any atom is -0.349 e. The minimum absolute atomic E-state index is 0.0365. The first-order valence-corrected chi connectivity index (χ1v) is 20.2. The zero-order valence-corrected chi connectivity index (χ0v) is 32.8. The van der Waals surface area contributed by atoms with Gasteiger partial charge in [0.15, 0.2) is 0 Å². The topological polar surface area (TPSA) is 28.5 Å². The third kappa shape index (κ3) is 6.65. The maximum Gasteiger partial charge on any atom is 0.137 e. The fraction of sp³-hybridized carbons (Fsp3) is 0.0909. The lowest BCUT2D eigenvalue weighted by Crippen LogP contribution is -2.33. The predicted molar refractivity (Wildman–Crippen MR) is 244 cm³/mol. The minimum atomic E-state index is -0.0365. The van der Waals surface area contributed by atoms with Crippen LogP contribution in [0.3, 0.4) is 0 Å². The maximum absolute atomic E-state index is 5.42. The van der Waals surface area contributed by atoms with Gasteiger partial charge in [-0.05, 0) is 98.0 Å². The second-order valence-corrected chi connectivity index (χ2v) is 15.5. The van der Waals surface area contributed by atoms with Gasteiger partial charge >= 0.3 is 0 Å². The van der Waals surface area contributed by atoms with Crippen LogP contribution in [0.4, 0.5) is 0 Å². The van der Waals surface area contributed by atoms with Crippen LogP contribution >= 0.6 is 0 Å². The molecule has 10 rings (SSSR count). The summed E-state index contributed by atoms with van der Waals surface area (Å²) in [5.41, 5.74) is 14.8. The van der Waals surface area contributed by atoms with E-state index in [-0.39, 0.29) is 6.04 Å². The Morgan fingerprint density at radius 1 is 0.569 bits per heavy atom. The zero-order valence-electron chi connectivity index (χ0n) is 32.8. The smallest absolute Gasteiger partial charge is 0.137 e. The van der Waals surface area contributed by atoms with Gasteiger partial charge in [-0.1, -0.05) is 177 Å². The van der Waals surface area contributed by atoms with Crippen molar-refractivity contribution in [3.8, 4) is 33.5 Å². The van der Waals surface area contributed by atoms with Crippen LogP contribution in [-0.2, 0) is 0 Å². The van der Waals surface area contributed by atoms with Gasteiger partial charge in [-0.2, -0.15) is 0 Å². The van der Waals surface area contributed by atoms with Crippen LogP contribution in [0.1, 0.15) is 41.6 Å². The summed E-state index contributed by atoms with van der Waals surface area (Å²) in [4.78, 5) is 13.0. The number of hydrogen-bond acceptors (Lipinski definition) is 3. The molecular formula is C55H43N3. The summed E-state index contributed by atoms with van der Waals surface area (Å²) in [5.74, 6) is 1.36. The molecule has 8 aromatic rings. The fourth-order valence-corrected chi connectivity index (χ4v) is 8.67. The van der Waals surface area contributed by atoms with Gasteiger partial charge < -0.3 is 4.90 Å². The number of hydrogen-bond donors (Lipinski definition) is 0. The van der Waals surface area contributed by atoms with E-state index in [2.05, 4.69) is 219 Å². The van der Waals surface area contributed by atoms with E-state index >= 15 is 0 Å². The van der Waals surface area contributed by atoms with Gasteiger partial charge in [0.05, 0.1) is 22.9 Å². The molecule has 0 N–H and O–H groups in total. The SMILES string of the molecule is CC1CC=CC=C1c1cc(-c2ccc(C3=CC(c4cccc(-c5ccccc5)c4)N(C)C(c4cccc(-c5ccccc5)c4)=N3)cc2)nc2ccc3ccccc3c12. The highest BCUT2D eigenvalue weighted by Gasteiger charge is 2.26. The molecule has 1 aromatic heterocycles. The molecule has 7 aromatic carbocycles. The lowest BCUT2D eigenvalue weighted by atomic mass is 9.85. The third-order valence-corrected chi connectivity index (χ3v) is 11.8. The molecule has 0 fully saturated rings. The molecule has 2 aliphatic rings. The van der Waals surface area contributed by atoms with E-state index in [4.69, 9.17) is 9.98 Å². The zero-order chi connectivity index (χ0) is 39.0. The molecule has 0 radical (unpaired) electrons. The monoisotopic (exact) mass is 745 g/mol. The van der Waals surface area contributed by atoms with Crippen LogP contribution in [-0.4, -0.2) is 22.8 Å². The van der Waals surface area contributed by atoms with Gasteiger partial charge in [0, 0.05) is 23.6 Å². The molecule has 2 atom stereocenters. The summed E-state index contributed by atoms with van der Waals surface area (Å²) < 4.78 is 0. The van der Waals surface area contributed by atoms with Crippen molar-refractivity contribution in [3.05, 3.63) is 222 Å². The molecule has 2 unspecified atom stereocenters. The Labute approximate surface area is 340 Å². The van der Waals surface area contributed by atoms with Gasteiger partial charge in [0.2, 0.25) is 0 Å². The van der Waals surface area contributed by atoms with E-state index in [1.807, 2.05) is 0 Å². The molecule has 0 saturated heterocycles. The van der Waals surface area contributed by atoms with Gasteiger partial charge in [0.25, 0.3) is 0 Å². The fourth-order valence-electron chi connectivity index (χ4n) is 8.67. The van der Waals surface area contributed by atoms with E-state index in [0.717, 1.165) is 45.9 Å². The number of aliphatic imine (C=N–C) groups is 1. The summed E-state index contributed by atoms with van der Waals surface area (Å²) in [6.45, 7) is 2.33. The van der Waals surface area contributed by atoms with Crippen molar-refractivity contribution in [1.29, 1.82) is 0 Å². The molecular weight excluding hydrogens is 703 g/mol. The van der Waals surface area contributed by atoms with Crippen LogP contribution in [0, 0.1) is 5.92 Å². The largest absolute Gasteiger partial charge is 0.349 e. The van der Waals surface area contributed by atoms with Crippen molar-refractivity contribution in [2.45, 2.75) is 19.4 Å². The molecule has 0 saturated carbocycles. The van der Waals surface area contributed by atoms with E-state index in [0.29, 0.717) is 5.92 Å². The molecule has 0 spiro atoms. The number of fused-ring (bicyclic) bond motifs is 3. The molecule has 0 bridgehead atoms. The molecule has 3 nitrogen and oxygen atoms in total. The Morgan fingerprint density at radius 3 is 1.98 bits per heavy atom. The van der Waals surface area contributed by atoms with E-state index in [9.17, 15) is 0 Å². The molecule has 1 aliphatic heterocycles. The number of nitrogens with zero attached hydrogens (tertiary/aromatic N) is 3. The number of pyridine rings is 1. The van der Waals surface area contributed by atoms with Crippen LogP contribution < -0.4 is 0 Å². The Kier molecular flexibility index (Phi) is 9.20. The van der Waals surface area contributed by atoms with Gasteiger partial charge in [0.1, 0.15) is 5.84 Å². The number of aromatic nitrogens is 1. The summed E-state index contributed by atoms with van der Waals surface area (Å²) in [5, 5.41) is 3.70. The summed E-state index contributed by atoms with van der Waals surface area (Å²) in [6, 6.07) is 63.0. The van der Waals surface area contributed by atoms with Crippen molar-refractivity contribution in [1.82, 2.24) is 9.88 Å². The average molecular weight is 746 g/mol. The lowest BCUT2D eigenvalue weighted by molar-refractivity contribution is 0.435. The first-order chi connectivity index (χ1) is 28.6. The average Bonchev–Trinajstić information content (AvgIpc) is 3.29. The third-order valence-electron chi connectivity index (χ3n) is 11.8.